The Balaban J connectivity index is 2.21. The van der Waals surface area contributed by atoms with Crippen molar-refractivity contribution >= 4 is 0 Å². The zero-order valence-electron chi connectivity index (χ0n) is 4.23. The first-order valence-electron chi connectivity index (χ1n) is 2.37. The summed E-state index contributed by atoms with van der Waals surface area (Å²) in [7, 11) is 0. The van der Waals surface area contributed by atoms with Gasteiger partial charge in [-0.15, -0.1) is 0 Å². The number of nitrogens with two attached hydrogens (primary N) is 1. The average molecular weight is 123 g/mol. The van der Waals surface area contributed by atoms with Gasteiger partial charge in [0.15, 0.2) is 0 Å². The Labute approximate surface area is 45.6 Å². The molecule has 0 atom stereocenters. The third-order valence-electron chi connectivity index (χ3n) is 1.25. The Morgan fingerprint density at radius 3 is 2.12 bits per heavy atom. The molecule has 0 amide bonds. The van der Waals surface area contributed by atoms with Gasteiger partial charge in [-0.3, -0.25) is 0 Å². The molecule has 1 aliphatic rings. The van der Waals surface area contributed by atoms with E-state index in [1.807, 2.05) is 0 Å². The lowest BCUT2D eigenvalue weighted by molar-refractivity contribution is -0.166. The molecule has 0 aromatic carbocycles. The van der Waals surface area contributed by atoms with E-state index >= 15 is 0 Å². The Morgan fingerprint density at radius 1 is 1.50 bits per heavy atom. The van der Waals surface area contributed by atoms with Crippen molar-refractivity contribution in [1.29, 1.82) is 0 Å². The van der Waals surface area contributed by atoms with Crippen molar-refractivity contribution in [1.82, 2.24) is 0 Å². The van der Waals surface area contributed by atoms with Gasteiger partial charge < -0.3 is 4.84 Å². The third kappa shape index (κ3) is 0.952. The van der Waals surface area contributed by atoms with Gasteiger partial charge in [-0.1, -0.05) is 0 Å². The highest BCUT2D eigenvalue weighted by Gasteiger charge is 2.46. The summed E-state index contributed by atoms with van der Waals surface area (Å²) in [6.45, 7) is 0. The molecule has 0 unspecified atom stereocenters. The maximum absolute atomic E-state index is 11.8. The molecule has 0 aromatic rings. The molecular weight excluding hydrogens is 116 g/mol. The fourth-order valence-corrected chi connectivity index (χ4v) is 0.703. The standard InChI is InChI=1S/C4H7F2NO/c5-4(6)1-3(2-4)8-7/h3H,1-2,7H2. The molecule has 0 aliphatic heterocycles. The van der Waals surface area contributed by atoms with E-state index in [9.17, 15) is 8.78 Å². The van der Waals surface area contributed by atoms with Crippen LogP contribution < -0.4 is 5.90 Å². The van der Waals surface area contributed by atoms with Gasteiger partial charge in [0.25, 0.3) is 5.92 Å². The summed E-state index contributed by atoms with van der Waals surface area (Å²) >= 11 is 0. The van der Waals surface area contributed by atoms with Crippen molar-refractivity contribution < 1.29 is 13.6 Å². The summed E-state index contributed by atoms with van der Waals surface area (Å²) in [5, 5.41) is 0. The van der Waals surface area contributed by atoms with Crippen molar-refractivity contribution in [2.75, 3.05) is 0 Å². The van der Waals surface area contributed by atoms with Crippen LogP contribution in [0.3, 0.4) is 0 Å². The van der Waals surface area contributed by atoms with E-state index < -0.39 is 12.0 Å². The second kappa shape index (κ2) is 1.63. The van der Waals surface area contributed by atoms with E-state index in [1.165, 1.54) is 0 Å². The monoisotopic (exact) mass is 123 g/mol. The summed E-state index contributed by atoms with van der Waals surface area (Å²) in [5.41, 5.74) is 0. The molecule has 0 radical (unpaired) electrons. The Bertz CT molecular complexity index is 88.0. The van der Waals surface area contributed by atoms with Gasteiger partial charge in [0.2, 0.25) is 0 Å². The van der Waals surface area contributed by atoms with Crippen molar-refractivity contribution in [3.63, 3.8) is 0 Å². The second-order valence-electron chi connectivity index (χ2n) is 2.02. The van der Waals surface area contributed by atoms with Gasteiger partial charge in [0.1, 0.15) is 0 Å². The fourth-order valence-electron chi connectivity index (χ4n) is 0.703. The SMILES string of the molecule is NOC1CC(F)(F)C1. The zero-order chi connectivity index (χ0) is 6.20. The topological polar surface area (TPSA) is 35.2 Å². The summed E-state index contributed by atoms with van der Waals surface area (Å²) in [6.07, 6.45) is -0.850. The molecule has 0 aromatic heterocycles. The quantitative estimate of drug-likeness (QED) is 0.520. The molecule has 2 N–H and O–H groups in total. The fraction of sp³-hybridized carbons (Fsp3) is 1.00. The van der Waals surface area contributed by atoms with Gasteiger partial charge in [0, 0.05) is 12.8 Å². The minimum atomic E-state index is -2.51. The first-order chi connectivity index (χ1) is 3.64. The molecule has 0 bridgehead atoms. The summed E-state index contributed by atoms with van der Waals surface area (Å²) in [6, 6.07) is 0. The number of rotatable bonds is 1. The van der Waals surface area contributed by atoms with E-state index in [2.05, 4.69) is 10.7 Å². The first-order valence-corrected chi connectivity index (χ1v) is 2.37. The van der Waals surface area contributed by atoms with E-state index in [-0.39, 0.29) is 12.8 Å². The van der Waals surface area contributed by atoms with Gasteiger partial charge in [-0.2, -0.15) is 0 Å². The predicted octanol–water partition coefficient (Wildman–Crippen LogP) is 0.674. The Hall–Kier alpha value is -0.220. The molecule has 1 fully saturated rings. The number of hydrogen-bond donors (Lipinski definition) is 1. The van der Waals surface area contributed by atoms with Crippen LogP contribution in [-0.4, -0.2) is 12.0 Å². The minimum Gasteiger partial charge on any atom is -0.301 e. The highest BCUT2D eigenvalue weighted by molar-refractivity contribution is 4.86. The largest absolute Gasteiger partial charge is 0.301 e. The molecular formula is C4H7F2NO. The normalized spacial score (nSPS) is 27.4. The van der Waals surface area contributed by atoms with Crippen molar-refractivity contribution in [3.05, 3.63) is 0 Å². The number of hydrogen-bond acceptors (Lipinski definition) is 2. The lowest BCUT2D eigenvalue weighted by atomic mass is 9.91. The maximum atomic E-state index is 11.8. The lowest BCUT2D eigenvalue weighted by Gasteiger charge is -2.32. The molecule has 1 aliphatic carbocycles. The highest BCUT2D eigenvalue weighted by Crippen LogP contribution is 2.38. The van der Waals surface area contributed by atoms with Gasteiger partial charge >= 0.3 is 0 Å². The van der Waals surface area contributed by atoms with Crippen LogP contribution in [0.1, 0.15) is 12.8 Å². The first kappa shape index (κ1) is 5.91. The maximum Gasteiger partial charge on any atom is 0.253 e. The van der Waals surface area contributed by atoms with Crippen LogP contribution >= 0.6 is 0 Å². The van der Waals surface area contributed by atoms with Crippen LogP contribution in [-0.2, 0) is 4.84 Å². The molecule has 8 heavy (non-hydrogen) atoms. The minimum absolute atomic E-state index is 0.219. The lowest BCUT2D eigenvalue weighted by Crippen LogP contribution is -2.42. The van der Waals surface area contributed by atoms with Crippen molar-refractivity contribution in [2.24, 2.45) is 5.90 Å². The van der Waals surface area contributed by atoms with E-state index in [0.717, 1.165) is 0 Å². The van der Waals surface area contributed by atoms with Crippen LogP contribution in [0.4, 0.5) is 8.78 Å². The molecule has 4 heteroatoms. The molecule has 0 heterocycles. The Kier molecular flexibility index (Phi) is 1.21. The number of alkyl halides is 2. The average Bonchev–Trinajstić information content (AvgIpc) is 1.60. The van der Waals surface area contributed by atoms with Crippen molar-refractivity contribution in [2.45, 2.75) is 24.9 Å². The molecule has 0 saturated heterocycles. The number of halogens is 2. The predicted molar refractivity (Wildman–Crippen MR) is 23.2 cm³/mol. The second-order valence-corrected chi connectivity index (χ2v) is 2.02. The smallest absolute Gasteiger partial charge is 0.253 e. The Morgan fingerprint density at radius 2 is 2.00 bits per heavy atom. The van der Waals surface area contributed by atoms with Crippen LogP contribution in [0.2, 0.25) is 0 Å². The van der Waals surface area contributed by atoms with Gasteiger partial charge in [-0.05, 0) is 0 Å². The van der Waals surface area contributed by atoms with E-state index in [4.69, 9.17) is 0 Å². The molecule has 0 spiro atoms. The third-order valence-corrected chi connectivity index (χ3v) is 1.25. The van der Waals surface area contributed by atoms with E-state index in [0.29, 0.717) is 0 Å². The highest BCUT2D eigenvalue weighted by atomic mass is 19.3. The van der Waals surface area contributed by atoms with Gasteiger partial charge in [-0.25, -0.2) is 14.7 Å². The summed E-state index contributed by atoms with van der Waals surface area (Å²) in [4.78, 5) is 4.14. The van der Waals surface area contributed by atoms with Crippen LogP contribution in [0.15, 0.2) is 0 Å². The zero-order valence-corrected chi connectivity index (χ0v) is 4.23. The molecule has 48 valence electrons. The molecule has 2 nitrogen and oxygen atoms in total. The van der Waals surface area contributed by atoms with Crippen LogP contribution in [0.25, 0.3) is 0 Å². The van der Waals surface area contributed by atoms with Crippen LogP contribution in [0, 0.1) is 0 Å². The van der Waals surface area contributed by atoms with E-state index in [1.54, 1.807) is 0 Å². The summed E-state index contributed by atoms with van der Waals surface area (Å²) < 4.78 is 23.7. The molecule has 1 saturated carbocycles. The van der Waals surface area contributed by atoms with Crippen molar-refractivity contribution in [3.8, 4) is 0 Å². The van der Waals surface area contributed by atoms with Crippen LogP contribution in [0.5, 0.6) is 0 Å². The summed E-state index contributed by atoms with van der Waals surface area (Å²) in [5.74, 6) is 2.11. The van der Waals surface area contributed by atoms with Gasteiger partial charge in [0.05, 0.1) is 6.10 Å². The molecule has 1 rings (SSSR count).